The van der Waals surface area contributed by atoms with Gasteiger partial charge in [-0.25, -0.2) is 4.98 Å². The minimum absolute atomic E-state index is 0.00602. The Labute approximate surface area is 173 Å². The number of imidazole rings is 1. The van der Waals surface area contributed by atoms with Crippen LogP contribution in [0.2, 0.25) is 0 Å². The van der Waals surface area contributed by atoms with Crippen molar-refractivity contribution in [1.82, 2.24) is 14.7 Å². The van der Waals surface area contributed by atoms with E-state index < -0.39 is 0 Å². The number of nitrogens with zero attached hydrogens (tertiary/aromatic N) is 3. The minimum atomic E-state index is -0.00602. The molecule has 0 fully saturated rings. The van der Waals surface area contributed by atoms with E-state index in [9.17, 15) is 4.79 Å². The van der Waals surface area contributed by atoms with E-state index in [0.717, 1.165) is 35.7 Å². The first-order valence-corrected chi connectivity index (χ1v) is 10.7. The standard InChI is InChI=1S/C23H22N4OS/c28-22(13-20-16-27-11-12-29-23(27)25-20)24-14-17-5-7-18(8-6-17)15-26-10-9-19-3-1-2-4-21(19)26/h1-8,11-12,16H,9-10,13-15H2,(H,24,28). The van der Waals surface area contributed by atoms with E-state index >= 15 is 0 Å². The highest BCUT2D eigenvalue weighted by Gasteiger charge is 2.18. The third-order valence-corrected chi connectivity index (χ3v) is 6.12. The fourth-order valence-corrected chi connectivity index (χ4v) is 4.56. The van der Waals surface area contributed by atoms with E-state index in [4.69, 9.17) is 0 Å². The monoisotopic (exact) mass is 402 g/mol. The Hall–Kier alpha value is -3.12. The van der Waals surface area contributed by atoms with E-state index in [2.05, 4.69) is 63.7 Å². The zero-order valence-corrected chi connectivity index (χ0v) is 16.9. The summed E-state index contributed by atoms with van der Waals surface area (Å²) in [5.41, 5.74) is 5.98. The molecule has 146 valence electrons. The molecule has 1 N–H and O–H groups in total. The average Bonchev–Trinajstić information content (AvgIpc) is 3.43. The minimum Gasteiger partial charge on any atom is -0.367 e. The Balaban J connectivity index is 1.14. The summed E-state index contributed by atoms with van der Waals surface area (Å²) in [5, 5.41) is 4.98. The number of aromatic nitrogens is 2. The summed E-state index contributed by atoms with van der Waals surface area (Å²) in [5.74, 6) is -0.00602. The van der Waals surface area contributed by atoms with Crippen molar-refractivity contribution in [3.05, 3.63) is 88.7 Å². The van der Waals surface area contributed by atoms with E-state index in [1.165, 1.54) is 16.8 Å². The Morgan fingerprint density at radius 1 is 1.10 bits per heavy atom. The lowest BCUT2D eigenvalue weighted by Crippen LogP contribution is -2.24. The Kier molecular flexibility index (Phi) is 4.77. The van der Waals surface area contributed by atoms with Crippen molar-refractivity contribution in [1.29, 1.82) is 0 Å². The quantitative estimate of drug-likeness (QED) is 0.533. The van der Waals surface area contributed by atoms with Crippen LogP contribution in [0.4, 0.5) is 5.69 Å². The number of hydrogen-bond donors (Lipinski definition) is 1. The number of amides is 1. The summed E-state index contributed by atoms with van der Waals surface area (Å²) in [6.45, 7) is 2.53. The molecular weight excluding hydrogens is 380 g/mol. The Bertz CT molecular complexity index is 1120. The van der Waals surface area contributed by atoms with Crippen LogP contribution in [-0.4, -0.2) is 21.8 Å². The average molecular weight is 403 g/mol. The van der Waals surface area contributed by atoms with Crippen LogP contribution >= 0.6 is 11.3 Å². The number of hydrogen-bond acceptors (Lipinski definition) is 4. The highest BCUT2D eigenvalue weighted by atomic mass is 32.1. The van der Waals surface area contributed by atoms with Crippen molar-refractivity contribution >= 4 is 27.9 Å². The van der Waals surface area contributed by atoms with Gasteiger partial charge in [-0.15, -0.1) is 11.3 Å². The number of rotatable bonds is 6. The molecule has 29 heavy (non-hydrogen) atoms. The normalized spacial score (nSPS) is 13.0. The van der Waals surface area contributed by atoms with Crippen molar-refractivity contribution in [2.75, 3.05) is 11.4 Å². The van der Waals surface area contributed by atoms with Crippen molar-refractivity contribution in [2.45, 2.75) is 25.9 Å². The van der Waals surface area contributed by atoms with Crippen LogP contribution in [-0.2, 0) is 30.7 Å². The van der Waals surface area contributed by atoms with Gasteiger partial charge >= 0.3 is 0 Å². The van der Waals surface area contributed by atoms with Crippen LogP contribution in [0.25, 0.3) is 4.96 Å². The van der Waals surface area contributed by atoms with Crippen LogP contribution in [0, 0.1) is 0 Å². The number of anilines is 1. The van der Waals surface area contributed by atoms with Crippen LogP contribution in [0.5, 0.6) is 0 Å². The van der Waals surface area contributed by atoms with E-state index in [1.54, 1.807) is 11.3 Å². The highest BCUT2D eigenvalue weighted by molar-refractivity contribution is 7.15. The predicted octanol–water partition coefficient (Wildman–Crippen LogP) is 3.82. The van der Waals surface area contributed by atoms with Gasteiger partial charge in [-0.1, -0.05) is 42.5 Å². The lowest BCUT2D eigenvalue weighted by molar-refractivity contribution is -0.120. The molecule has 2 aromatic carbocycles. The summed E-state index contributed by atoms with van der Waals surface area (Å²) in [4.78, 5) is 20.0. The zero-order valence-electron chi connectivity index (χ0n) is 16.0. The lowest BCUT2D eigenvalue weighted by atomic mass is 10.1. The number of benzene rings is 2. The SMILES string of the molecule is O=C(Cc1cn2ccsc2n1)NCc1ccc(CN2CCc3ccccc32)cc1. The molecule has 0 saturated heterocycles. The second-order valence-electron chi connectivity index (χ2n) is 7.40. The maximum atomic E-state index is 12.2. The molecule has 0 unspecified atom stereocenters. The molecule has 1 amide bonds. The van der Waals surface area contributed by atoms with Crippen molar-refractivity contribution in [3.63, 3.8) is 0 Å². The van der Waals surface area contributed by atoms with Gasteiger partial charge in [0.05, 0.1) is 12.1 Å². The van der Waals surface area contributed by atoms with E-state index in [-0.39, 0.29) is 5.91 Å². The van der Waals surface area contributed by atoms with Gasteiger partial charge < -0.3 is 10.2 Å². The molecule has 5 nitrogen and oxygen atoms in total. The molecule has 1 aliphatic rings. The fourth-order valence-electron chi connectivity index (χ4n) is 3.84. The van der Waals surface area contributed by atoms with Crippen molar-refractivity contribution < 1.29 is 4.79 Å². The van der Waals surface area contributed by atoms with Gasteiger partial charge in [-0.3, -0.25) is 9.20 Å². The van der Waals surface area contributed by atoms with E-state index in [0.29, 0.717) is 13.0 Å². The van der Waals surface area contributed by atoms with Gasteiger partial charge in [-0.05, 0) is 29.2 Å². The van der Waals surface area contributed by atoms with Crippen molar-refractivity contribution in [3.8, 4) is 0 Å². The molecular formula is C23H22N4OS. The molecule has 0 radical (unpaired) electrons. The second kappa shape index (κ2) is 7.72. The van der Waals surface area contributed by atoms with Gasteiger partial charge in [0.2, 0.25) is 5.91 Å². The molecule has 5 rings (SSSR count). The summed E-state index contributed by atoms with van der Waals surface area (Å²) in [7, 11) is 0. The second-order valence-corrected chi connectivity index (χ2v) is 8.27. The summed E-state index contributed by atoms with van der Waals surface area (Å²) in [6, 6.07) is 17.2. The third kappa shape index (κ3) is 3.89. The lowest BCUT2D eigenvalue weighted by Gasteiger charge is -2.19. The molecule has 0 saturated carbocycles. The molecule has 1 aliphatic heterocycles. The maximum Gasteiger partial charge on any atom is 0.226 e. The van der Waals surface area contributed by atoms with E-state index in [1.807, 2.05) is 22.2 Å². The number of nitrogens with one attached hydrogen (secondary N) is 1. The van der Waals surface area contributed by atoms with Gasteiger partial charge in [-0.2, -0.15) is 0 Å². The largest absolute Gasteiger partial charge is 0.367 e. The molecule has 0 aliphatic carbocycles. The Morgan fingerprint density at radius 3 is 2.79 bits per heavy atom. The summed E-state index contributed by atoms with van der Waals surface area (Å²) >= 11 is 1.57. The molecule has 0 spiro atoms. The smallest absolute Gasteiger partial charge is 0.226 e. The van der Waals surface area contributed by atoms with Crippen LogP contribution in [0.1, 0.15) is 22.4 Å². The molecule has 2 aromatic heterocycles. The first kappa shape index (κ1) is 17.9. The molecule has 0 atom stereocenters. The van der Waals surface area contributed by atoms with Crippen molar-refractivity contribution in [2.24, 2.45) is 0 Å². The van der Waals surface area contributed by atoms with Gasteiger partial charge in [0.15, 0.2) is 4.96 Å². The topological polar surface area (TPSA) is 49.6 Å². The highest BCUT2D eigenvalue weighted by Crippen LogP contribution is 2.28. The first-order valence-electron chi connectivity index (χ1n) is 9.83. The number of carbonyl (C=O) groups excluding carboxylic acids is 1. The van der Waals surface area contributed by atoms with Gasteiger partial charge in [0.1, 0.15) is 0 Å². The third-order valence-electron chi connectivity index (χ3n) is 5.35. The number of para-hydroxylation sites is 1. The van der Waals surface area contributed by atoms with Crippen LogP contribution in [0.3, 0.4) is 0 Å². The summed E-state index contributed by atoms with van der Waals surface area (Å²) < 4.78 is 1.95. The Morgan fingerprint density at radius 2 is 1.93 bits per heavy atom. The summed E-state index contributed by atoms with van der Waals surface area (Å²) in [6.07, 6.45) is 5.29. The van der Waals surface area contributed by atoms with Gasteiger partial charge in [0, 0.05) is 43.1 Å². The maximum absolute atomic E-state index is 12.2. The fraction of sp³-hybridized carbons (Fsp3) is 0.217. The van der Waals surface area contributed by atoms with Crippen LogP contribution < -0.4 is 10.2 Å². The molecule has 6 heteroatoms. The van der Waals surface area contributed by atoms with Crippen LogP contribution in [0.15, 0.2) is 66.3 Å². The molecule has 4 aromatic rings. The predicted molar refractivity (Wildman–Crippen MR) is 116 cm³/mol. The molecule has 3 heterocycles. The first-order chi connectivity index (χ1) is 14.2. The molecule has 0 bridgehead atoms. The number of fused-ring (bicyclic) bond motifs is 2. The zero-order chi connectivity index (χ0) is 19.6. The number of thiazole rings is 1. The number of carbonyl (C=O) groups is 1. The van der Waals surface area contributed by atoms with Gasteiger partial charge in [0.25, 0.3) is 0 Å².